The van der Waals surface area contributed by atoms with Gasteiger partial charge in [0.25, 0.3) is 0 Å². The minimum Gasteiger partial charge on any atom is -0.228 e. The lowest BCUT2D eigenvalue weighted by atomic mass is 10.2. The van der Waals surface area contributed by atoms with Gasteiger partial charge in [0.15, 0.2) is 5.65 Å². The van der Waals surface area contributed by atoms with Gasteiger partial charge in [-0.15, -0.1) is 11.8 Å². The van der Waals surface area contributed by atoms with Crippen molar-refractivity contribution in [2.45, 2.75) is 11.9 Å². The molecule has 3 aromatic rings. The highest BCUT2D eigenvalue weighted by Crippen LogP contribution is 2.16. The van der Waals surface area contributed by atoms with Crippen LogP contribution in [-0.2, 0) is 0 Å². The lowest BCUT2D eigenvalue weighted by Crippen LogP contribution is -1.91. The van der Waals surface area contributed by atoms with Gasteiger partial charge in [0.2, 0.25) is 0 Å². The molecule has 1 aromatic carbocycles. The number of aromatic nitrogens is 3. The van der Waals surface area contributed by atoms with E-state index < -0.39 is 0 Å². The highest BCUT2D eigenvalue weighted by molar-refractivity contribution is 7.99. The highest BCUT2D eigenvalue weighted by Gasteiger charge is 2.01. The SMILES string of the molecule is CCSc1ccc2nc(/C=C/c3ccccc3)cn2n1. The molecule has 100 valence electrons. The minimum atomic E-state index is 0.873. The summed E-state index contributed by atoms with van der Waals surface area (Å²) in [6, 6.07) is 14.2. The molecule has 2 aromatic heterocycles. The van der Waals surface area contributed by atoms with Crippen LogP contribution in [0.15, 0.2) is 53.7 Å². The van der Waals surface area contributed by atoms with Gasteiger partial charge in [0, 0.05) is 0 Å². The zero-order valence-electron chi connectivity index (χ0n) is 11.2. The molecule has 20 heavy (non-hydrogen) atoms. The quantitative estimate of drug-likeness (QED) is 0.677. The second kappa shape index (κ2) is 5.92. The standard InChI is InChI=1S/C16H15N3S/c1-2-20-16-11-10-15-17-14(12-19(15)18-16)9-8-13-6-4-3-5-7-13/h3-12H,2H2,1H3/b9-8+. The Morgan fingerprint density at radius 2 is 1.95 bits per heavy atom. The molecule has 4 heteroatoms. The Morgan fingerprint density at radius 3 is 2.75 bits per heavy atom. The summed E-state index contributed by atoms with van der Waals surface area (Å²) in [5, 5.41) is 5.55. The smallest absolute Gasteiger partial charge is 0.154 e. The van der Waals surface area contributed by atoms with Gasteiger partial charge in [-0.1, -0.05) is 43.3 Å². The topological polar surface area (TPSA) is 30.2 Å². The molecule has 0 aliphatic rings. The average Bonchev–Trinajstić information content (AvgIpc) is 2.89. The van der Waals surface area contributed by atoms with Crippen molar-refractivity contribution in [3.63, 3.8) is 0 Å². The van der Waals surface area contributed by atoms with Gasteiger partial charge in [-0.2, -0.15) is 5.10 Å². The molecule has 3 rings (SSSR count). The molecule has 0 unspecified atom stereocenters. The van der Waals surface area contributed by atoms with Gasteiger partial charge in [0.05, 0.1) is 11.9 Å². The van der Waals surface area contributed by atoms with Gasteiger partial charge in [-0.05, 0) is 29.5 Å². The number of rotatable bonds is 4. The molecule has 0 amide bonds. The van der Waals surface area contributed by atoms with Crippen LogP contribution in [0.5, 0.6) is 0 Å². The van der Waals surface area contributed by atoms with Crippen molar-refractivity contribution < 1.29 is 0 Å². The number of hydrogen-bond acceptors (Lipinski definition) is 3. The molecule has 0 spiro atoms. The fourth-order valence-corrected chi connectivity index (χ4v) is 2.54. The Bertz CT molecular complexity index is 732. The van der Waals surface area contributed by atoms with E-state index in [1.165, 1.54) is 5.56 Å². The second-order valence-corrected chi connectivity index (χ2v) is 5.60. The number of nitrogens with zero attached hydrogens (tertiary/aromatic N) is 3. The van der Waals surface area contributed by atoms with Crippen LogP contribution in [-0.4, -0.2) is 20.4 Å². The molecule has 0 saturated heterocycles. The summed E-state index contributed by atoms with van der Waals surface area (Å²) in [4.78, 5) is 4.53. The number of imidazole rings is 1. The van der Waals surface area contributed by atoms with Gasteiger partial charge in [0.1, 0.15) is 5.03 Å². The summed E-state index contributed by atoms with van der Waals surface area (Å²) in [5.74, 6) is 1.02. The summed E-state index contributed by atoms with van der Waals surface area (Å²) in [7, 11) is 0. The van der Waals surface area contributed by atoms with Crippen LogP contribution in [0.3, 0.4) is 0 Å². The third kappa shape index (κ3) is 2.91. The first-order valence-electron chi connectivity index (χ1n) is 6.57. The molecule has 3 nitrogen and oxygen atoms in total. The Kier molecular flexibility index (Phi) is 3.83. The van der Waals surface area contributed by atoms with Crippen molar-refractivity contribution in [3.05, 3.63) is 59.9 Å². The largest absolute Gasteiger partial charge is 0.228 e. The first-order chi connectivity index (χ1) is 9.85. The van der Waals surface area contributed by atoms with Gasteiger partial charge < -0.3 is 0 Å². The Balaban J connectivity index is 1.87. The Labute approximate surface area is 122 Å². The average molecular weight is 281 g/mol. The fraction of sp³-hybridized carbons (Fsp3) is 0.125. The normalized spacial score (nSPS) is 11.4. The maximum absolute atomic E-state index is 4.53. The summed E-state index contributed by atoms with van der Waals surface area (Å²) in [6.45, 7) is 2.12. The van der Waals surface area contributed by atoms with Crippen molar-refractivity contribution in [1.82, 2.24) is 14.6 Å². The molecular weight excluding hydrogens is 266 g/mol. The first kappa shape index (κ1) is 12.9. The van der Waals surface area contributed by atoms with Crippen LogP contribution in [0, 0.1) is 0 Å². The third-order valence-electron chi connectivity index (χ3n) is 2.85. The van der Waals surface area contributed by atoms with E-state index in [-0.39, 0.29) is 0 Å². The van der Waals surface area contributed by atoms with Gasteiger partial charge in [-0.3, -0.25) is 0 Å². The lowest BCUT2D eigenvalue weighted by molar-refractivity contribution is 0.859. The third-order valence-corrected chi connectivity index (χ3v) is 3.65. The molecule has 0 aliphatic carbocycles. The van der Waals surface area contributed by atoms with Crippen LogP contribution in [0.2, 0.25) is 0 Å². The van der Waals surface area contributed by atoms with Crippen LogP contribution in [0.25, 0.3) is 17.8 Å². The zero-order chi connectivity index (χ0) is 13.8. The van der Waals surface area contributed by atoms with Gasteiger partial charge >= 0.3 is 0 Å². The van der Waals surface area contributed by atoms with Gasteiger partial charge in [-0.25, -0.2) is 9.50 Å². The predicted octanol–water partition coefficient (Wildman–Crippen LogP) is 4.01. The van der Waals surface area contributed by atoms with Crippen LogP contribution in [0.1, 0.15) is 18.2 Å². The van der Waals surface area contributed by atoms with Crippen LogP contribution < -0.4 is 0 Å². The molecule has 0 radical (unpaired) electrons. The number of fused-ring (bicyclic) bond motifs is 1. The molecule has 0 atom stereocenters. The second-order valence-electron chi connectivity index (χ2n) is 4.32. The minimum absolute atomic E-state index is 0.873. The van der Waals surface area contributed by atoms with E-state index in [0.29, 0.717) is 0 Å². The van der Waals surface area contributed by atoms with Crippen molar-refractivity contribution in [3.8, 4) is 0 Å². The molecule has 0 N–H and O–H groups in total. The van der Waals surface area contributed by atoms with Crippen molar-refractivity contribution >= 4 is 29.6 Å². The van der Waals surface area contributed by atoms with Crippen LogP contribution >= 0.6 is 11.8 Å². The van der Waals surface area contributed by atoms with Crippen molar-refractivity contribution in [1.29, 1.82) is 0 Å². The molecule has 0 fully saturated rings. The summed E-state index contributed by atoms with van der Waals surface area (Å²) in [5.41, 5.74) is 2.96. The molecule has 0 aliphatic heterocycles. The summed E-state index contributed by atoms with van der Waals surface area (Å²) < 4.78 is 1.84. The van der Waals surface area contributed by atoms with Crippen molar-refractivity contribution in [2.24, 2.45) is 0 Å². The van der Waals surface area contributed by atoms with E-state index in [2.05, 4.69) is 35.2 Å². The Morgan fingerprint density at radius 1 is 1.10 bits per heavy atom. The van der Waals surface area contributed by atoms with E-state index >= 15 is 0 Å². The molecular formula is C16H15N3S. The first-order valence-corrected chi connectivity index (χ1v) is 7.56. The lowest BCUT2D eigenvalue weighted by Gasteiger charge is -1.97. The van der Waals surface area contributed by atoms with Crippen LogP contribution in [0.4, 0.5) is 0 Å². The Hall–Kier alpha value is -2.07. The van der Waals surface area contributed by atoms with E-state index in [4.69, 9.17) is 0 Å². The van der Waals surface area contributed by atoms with E-state index in [9.17, 15) is 0 Å². The molecule has 0 saturated carbocycles. The summed E-state index contributed by atoms with van der Waals surface area (Å²) in [6.07, 6.45) is 6.02. The number of hydrogen-bond donors (Lipinski definition) is 0. The maximum atomic E-state index is 4.53. The molecule has 0 bridgehead atoms. The number of benzene rings is 1. The predicted molar refractivity (Wildman–Crippen MR) is 84.8 cm³/mol. The fourth-order valence-electron chi connectivity index (χ4n) is 1.93. The summed E-state index contributed by atoms with van der Waals surface area (Å²) >= 11 is 1.73. The maximum Gasteiger partial charge on any atom is 0.154 e. The molecule has 2 heterocycles. The highest BCUT2D eigenvalue weighted by atomic mass is 32.2. The van der Waals surface area contributed by atoms with E-state index in [0.717, 1.165) is 22.1 Å². The zero-order valence-corrected chi connectivity index (χ0v) is 12.0. The van der Waals surface area contributed by atoms with Crippen molar-refractivity contribution in [2.75, 3.05) is 5.75 Å². The number of thioether (sulfide) groups is 1. The van der Waals surface area contributed by atoms with E-state index in [1.807, 2.05) is 47.1 Å². The van der Waals surface area contributed by atoms with E-state index in [1.54, 1.807) is 11.8 Å². The monoisotopic (exact) mass is 281 g/mol.